The summed E-state index contributed by atoms with van der Waals surface area (Å²) in [5.41, 5.74) is 0.457. The molecule has 4 nitrogen and oxygen atoms in total. The molecule has 0 amide bonds. The summed E-state index contributed by atoms with van der Waals surface area (Å²) in [6.07, 6.45) is 6.01. The van der Waals surface area contributed by atoms with Gasteiger partial charge in [0.1, 0.15) is 17.2 Å². The largest absolute Gasteiger partial charge is 0.508 e. The average molecular weight is 356 g/mol. The first-order chi connectivity index (χ1) is 12.6. The second-order valence-corrected chi connectivity index (χ2v) is 6.62. The van der Waals surface area contributed by atoms with Crippen molar-refractivity contribution >= 4 is 5.97 Å². The van der Waals surface area contributed by atoms with Gasteiger partial charge in [0, 0.05) is 0 Å². The first kappa shape index (κ1) is 19.8. The van der Waals surface area contributed by atoms with Gasteiger partial charge in [-0.2, -0.15) is 0 Å². The van der Waals surface area contributed by atoms with E-state index in [2.05, 4.69) is 13.8 Å². The number of unbranched alkanes of at least 4 members (excludes halogenated alkanes) is 2. The Kier molecular flexibility index (Phi) is 8.00. The lowest BCUT2D eigenvalue weighted by Crippen LogP contribution is -2.08. The van der Waals surface area contributed by atoms with Crippen LogP contribution in [-0.4, -0.2) is 17.7 Å². The number of esters is 1. The predicted octanol–water partition coefficient (Wildman–Crippen LogP) is 5.60. The number of carbonyl (C=O) groups is 1. The zero-order valence-electron chi connectivity index (χ0n) is 15.6. The van der Waals surface area contributed by atoms with Crippen molar-refractivity contribution < 1.29 is 19.4 Å². The first-order valence-electron chi connectivity index (χ1n) is 9.32. The molecule has 1 atom stereocenters. The van der Waals surface area contributed by atoms with Crippen molar-refractivity contribution in [2.75, 3.05) is 6.61 Å². The summed E-state index contributed by atoms with van der Waals surface area (Å²) in [6.45, 7) is 5.22. The molecule has 26 heavy (non-hydrogen) atoms. The maximum absolute atomic E-state index is 12.1. The standard InChI is InChI=1S/C22H28O4/c1-3-17(2)7-5-4-6-16-25-20-12-8-18(9-13-20)22(24)26-21-14-10-19(23)11-15-21/h8-15,17,23H,3-7,16H2,1-2H3/t17-/m0/s1. The molecular formula is C22H28O4. The number of aromatic hydroxyl groups is 1. The fourth-order valence-electron chi connectivity index (χ4n) is 2.53. The Morgan fingerprint density at radius 2 is 1.62 bits per heavy atom. The smallest absolute Gasteiger partial charge is 0.343 e. The van der Waals surface area contributed by atoms with Crippen molar-refractivity contribution in [1.29, 1.82) is 0 Å². The van der Waals surface area contributed by atoms with E-state index in [-0.39, 0.29) is 5.75 Å². The summed E-state index contributed by atoms with van der Waals surface area (Å²) in [5, 5.41) is 9.24. The van der Waals surface area contributed by atoms with Gasteiger partial charge in [0.15, 0.2) is 0 Å². The third kappa shape index (κ3) is 6.79. The summed E-state index contributed by atoms with van der Waals surface area (Å²) in [4.78, 5) is 12.1. The van der Waals surface area contributed by atoms with Gasteiger partial charge in [0.2, 0.25) is 0 Å². The van der Waals surface area contributed by atoms with Crippen LogP contribution in [0.25, 0.3) is 0 Å². The normalized spacial score (nSPS) is 11.8. The molecule has 2 aromatic rings. The number of benzene rings is 2. The van der Waals surface area contributed by atoms with Crippen molar-refractivity contribution in [3.05, 3.63) is 54.1 Å². The van der Waals surface area contributed by atoms with Gasteiger partial charge < -0.3 is 14.6 Å². The van der Waals surface area contributed by atoms with Crippen LogP contribution in [0.15, 0.2) is 48.5 Å². The summed E-state index contributed by atoms with van der Waals surface area (Å²) >= 11 is 0. The fourth-order valence-corrected chi connectivity index (χ4v) is 2.53. The van der Waals surface area contributed by atoms with Crippen LogP contribution in [0.2, 0.25) is 0 Å². The van der Waals surface area contributed by atoms with Crippen LogP contribution >= 0.6 is 0 Å². The van der Waals surface area contributed by atoms with Crippen LogP contribution in [0.5, 0.6) is 17.2 Å². The number of ether oxygens (including phenoxy) is 2. The minimum absolute atomic E-state index is 0.131. The topological polar surface area (TPSA) is 55.8 Å². The maximum atomic E-state index is 12.1. The van der Waals surface area contributed by atoms with Crippen LogP contribution in [0, 0.1) is 5.92 Å². The summed E-state index contributed by atoms with van der Waals surface area (Å²) in [6, 6.07) is 13.0. The molecule has 0 heterocycles. The summed E-state index contributed by atoms with van der Waals surface area (Å²) in [5.74, 6) is 1.65. The predicted molar refractivity (Wildman–Crippen MR) is 103 cm³/mol. The summed E-state index contributed by atoms with van der Waals surface area (Å²) in [7, 11) is 0. The molecule has 0 saturated carbocycles. The lowest BCUT2D eigenvalue weighted by atomic mass is 10.0. The minimum Gasteiger partial charge on any atom is -0.508 e. The molecule has 0 fully saturated rings. The highest BCUT2D eigenvalue weighted by molar-refractivity contribution is 5.91. The SMILES string of the molecule is CC[C@H](C)CCCCCOc1ccc(C(=O)Oc2ccc(O)cc2)cc1. The average Bonchev–Trinajstić information content (AvgIpc) is 2.66. The Morgan fingerprint density at radius 3 is 2.27 bits per heavy atom. The van der Waals surface area contributed by atoms with Crippen molar-refractivity contribution in [1.82, 2.24) is 0 Å². The Morgan fingerprint density at radius 1 is 0.962 bits per heavy atom. The number of carbonyl (C=O) groups excluding carboxylic acids is 1. The van der Waals surface area contributed by atoms with Gasteiger partial charge in [0.25, 0.3) is 0 Å². The maximum Gasteiger partial charge on any atom is 0.343 e. The molecule has 1 N–H and O–H groups in total. The number of phenolic OH excluding ortho intramolecular Hbond substituents is 1. The van der Waals surface area contributed by atoms with Crippen molar-refractivity contribution in [2.45, 2.75) is 46.0 Å². The molecule has 0 radical (unpaired) electrons. The second-order valence-electron chi connectivity index (χ2n) is 6.62. The molecule has 0 unspecified atom stereocenters. The highest BCUT2D eigenvalue weighted by atomic mass is 16.5. The molecule has 140 valence electrons. The minimum atomic E-state index is -0.438. The van der Waals surface area contributed by atoms with E-state index < -0.39 is 5.97 Å². The zero-order chi connectivity index (χ0) is 18.8. The van der Waals surface area contributed by atoms with Crippen LogP contribution < -0.4 is 9.47 Å². The van der Waals surface area contributed by atoms with Gasteiger partial charge in [-0.05, 0) is 60.9 Å². The second kappa shape index (κ2) is 10.5. The van der Waals surface area contributed by atoms with E-state index >= 15 is 0 Å². The molecule has 0 aromatic heterocycles. The quantitative estimate of drug-likeness (QED) is 0.342. The molecule has 0 spiro atoms. The van der Waals surface area contributed by atoms with Crippen molar-refractivity contribution in [3.63, 3.8) is 0 Å². The van der Waals surface area contributed by atoms with Crippen LogP contribution in [0.4, 0.5) is 0 Å². The van der Waals surface area contributed by atoms with Crippen molar-refractivity contribution in [2.24, 2.45) is 5.92 Å². The molecule has 0 aliphatic heterocycles. The van der Waals surface area contributed by atoms with Crippen LogP contribution in [0.1, 0.15) is 56.3 Å². The molecule has 0 saturated heterocycles. The van der Waals surface area contributed by atoms with Gasteiger partial charge in [-0.3, -0.25) is 0 Å². The molecule has 0 aliphatic rings. The number of rotatable bonds is 10. The van der Waals surface area contributed by atoms with E-state index in [1.54, 1.807) is 36.4 Å². The van der Waals surface area contributed by atoms with E-state index in [1.807, 2.05) is 0 Å². The van der Waals surface area contributed by atoms with E-state index in [1.165, 1.54) is 37.8 Å². The van der Waals surface area contributed by atoms with Gasteiger partial charge >= 0.3 is 5.97 Å². The van der Waals surface area contributed by atoms with Gasteiger partial charge in [0.05, 0.1) is 12.2 Å². The Bertz CT molecular complexity index is 662. The lowest BCUT2D eigenvalue weighted by Gasteiger charge is -2.09. The molecule has 0 bridgehead atoms. The van der Waals surface area contributed by atoms with Crippen molar-refractivity contribution in [3.8, 4) is 17.2 Å². The highest BCUT2D eigenvalue weighted by Gasteiger charge is 2.09. The number of hydrogen-bond acceptors (Lipinski definition) is 4. The fraction of sp³-hybridized carbons (Fsp3) is 0.409. The monoisotopic (exact) mass is 356 g/mol. The van der Waals surface area contributed by atoms with E-state index in [0.717, 1.165) is 18.1 Å². The highest BCUT2D eigenvalue weighted by Crippen LogP contribution is 2.19. The zero-order valence-corrected chi connectivity index (χ0v) is 15.6. The number of phenols is 1. The third-order valence-electron chi connectivity index (χ3n) is 4.44. The Labute approximate surface area is 155 Å². The van der Waals surface area contributed by atoms with Gasteiger partial charge in [-0.25, -0.2) is 4.79 Å². The van der Waals surface area contributed by atoms with Crippen LogP contribution in [-0.2, 0) is 0 Å². The van der Waals surface area contributed by atoms with E-state index in [0.29, 0.717) is 17.9 Å². The molecular weight excluding hydrogens is 328 g/mol. The molecule has 4 heteroatoms. The molecule has 0 aliphatic carbocycles. The molecule has 2 rings (SSSR count). The van der Waals surface area contributed by atoms with E-state index in [9.17, 15) is 9.90 Å². The number of hydrogen-bond donors (Lipinski definition) is 1. The first-order valence-corrected chi connectivity index (χ1v) is 9.32. The Balaban J connectivity index is 1.72. The van der Waals surface area contributed by atoms with Crippen LogP contribution in [0.3, 0.4) is 0 Å². The molecule has 2 aromatic carbocycles. The third-order valence-corrected chi connectivity index (χ3v) is 4.44. The van der Waals surface area contributed by atoms with Gasteiger partial charge in [-0.1, -0.05) is 39.5 Å². The van der Waals surface area contributed by atoms with E-state index in [4.69, 9.17) is 9.47 Å². The van der Waals surface area contributed by atoms with Gasteiger partial charge in [-0.15, -0.1) is 0 Å². The Hall–Kier alpha value is -2.49. The lowest BCUT2D eigenvalue weighted by molar-refractivity contribution is 0.0734. The summed E-state index contributed by atoms with van der Waals surface area (Å²) < 4.78 is 11.0.